The molecule has 0 aliphatic carbocycles. The van der Waals surface area contributed by atoms with E-state index in [0.29, 0.717) is 6.61 Å². The van der Waals surface area contributed by atoms with Gasteiger partial charge in [0.25, 0.3) is 0 Å². The summed E-state index contributed by atoms with van der Waals surface area (Å²) in [6, 6.07) is 3.88. The van der Waals surface area contributed by atoms with Gasteiger partial charge in [-0.25, -0.2) is 9.97 Å². The molecule has 0 radical (unpaired) electrons. The minimum absolute atomic E-state index is 0.138. The van der Waals surface area contributed by atoms with E-state index in [1.807, 2.05) is 31.1 Å². The molecule has 2 aromatic heterocycles. The van der Waals surface area contributed by atoms with Gasteiger partial charge in [0.05, 0.1) is 13.2 Å². The summed E-state index contributed by atoms with van der Waals surface area (Å²) in [7, 11) is 5.63. The number of hydrogen-bond donors (Lipinski definition) is 0. The molecular weight excluding hydrogens is 326 g/mol. The molecule has 1 aliphatic rings. The highest BCUT2D eigenvalue weighted by atomic mass is 32.1. The van der Waals surface area contributed by atoms with Crippen molar-refractivity contribution in [1.82, 2.24) is 14.3 Å². The largest absolute Gasteiger partial charge is 0.485 e. The molecule has 7 nitrogen and oxygen atoms in total. The first-order valence-corrected chi connectivity index (χ1v) is 8.80. The van der Waals surface area contributed by atoms with Gasteiger partial charge in [-0.1, -0.05) is 0 Å². The lowest BCUT2D eigenvalue weighted by atomic mass is 10.3. The Morgan fingerprint density at radius 1 is 1.42 bits per heavy atom. The molecule has 3 heterocycles. The zero-order valence-electron chi connectivity index (χ0n) is 14.3. The summed E-state index contributed by atoms with van der Waals surface area (Å²) < 4.78 is 15.7. The Bertz CT molecular complexity index is 663. The predicted octanol–water partition coefficient (Wildman–Crippen LogP) is 1.85. The maximum Gasteiger partial charge on any atom is 0.205 e. The van der Waals surface area contributed by atoms with Crippen molar-refractivity contribution >= 4 is 22.5 Å². The molecule has 1 fully saturated rings. The quantitative estimate of drug-likeness (QED) is 0.756. The van der Waals surface area contributed by atoms with E-state index in [0.717, 1.165) is 48.5 Å². The van der Waals surface area contributed by atoms with Crippen molar-refractivity contribution in [3.8, 4) is 5.75 Å². The number of ether oxygens (including phenoxy) is 2. The minimum atomic E-state index is 0.138. The monoisotopic (exact) mass is 349 g/mol. The van der Waals surface area contributed by atoms with Crippen LogP contribution in [0.15, 0.2) is 18.3 Å². The van der Waals surface area contributed by atoms with E-state index in [-0.39, 0.29) is 6.10 Å². The maximum absolute atomic E-state index is 6.18. The third-order valence-electron chi connectivity index (χ3n) is 3.87. The molecule has 0 N–H and O–H groups in total. The third kappa shape index (κ3) is 3.93. The number of nitrogens with zero attached hydrogens (tertiary/aromatic N) is 5. The molecule has 8 heteroatoms. The van der Waals surface area contributed by atoms with E-state index < -0.39 is 0 Å². The molecule has 0 bridgehead atoms. The molecule has 0 saturated carbocycles. The fourth-order valence-electron chi connectivity index (χ4n) is 2.66. The van der Waals surface area contributed by atoms with Crippen LogP contribution in [0.25, 0.3) is 0 Å². The zero-order valence-corrected chi connectivity index (χ0v) is 15.1. The molecule has 1 atom stereocenters. The van der Waals surface area contributed by atoms with Gasteiger partial charge < -0.3 is 19.3 Å². The maximum atomic E-state index is 6.18. The van der Waals surface area contributed by atoms with Crippen LogP contribution in [0, 0.1) is 0 Å². The highest BCUT2D eigenvalue weighted by molar-refractivity contribution is 7.09. The molecule has 0 amide bonds. The molecule has 24 heavy (non-hydrogen) atoms. The first-order chi connectivity index (χ1) is 11.7. The normalized spacial score (nSPS) is 17.3. The van der Waals surface area contributed by atoms with Gasteiger partial charge in [-0.2, -0.15) is 4.37 Å². The first-order valence-electron chi connectivity index (χ1n) is 8.03. The van der Waals surface area contributed by atoms with E-state index in [4.69, 9.17) is 9.47 Å². The van der Waals surface area contributed by atoms with Gasteiger partial charge in [0.15, 0.2) is 11.6 Å². The number of aromatic nitrogens is 3. The Kier molecular flexibility index (Phi) is 5.47. The lowest BCUT2D eigenvalue weighted by molar-refractivity contribution is 0.201. The third-order valence-corrected chi connectivity index (χ3v) is 4.69. The number of pyridine rings is 1. The van der Waals surface area contributed by atoms with Gasteiger partial charge in [-0.15, -0.1) is 0 Å². The number of methoxy groups -OCH3 is 1. The van der Waals surface area contributed by atoms with Crippen LogP contribution in [0.2, 0.25) is 0 Å². The Labute approximate surface area is 146 Å². The van der Waals surface area contributed by atoms with E-state index in [1.165, 1.54) is 11.5 Å². The standard InChI is InChI=1S/C16H23N5O2S/c1-20(2)15-13(5-4-8-17-15)23-12-6-9-21(11-12)16-18-14(19-24-16)7-10-22-3/h4-5,8,12H,6-7,9-11H2,1-3H3/t12-/m0/s1. The average Bonchev–Trinajstić information content (AvgIpc) is 3.22. The highest BCUT2D eigenvalue weighted by Crippen LogP contribution is 2.29. The van der Waals surface area contributed by atoms with Gasteiger partial charge >= 0.3 is 0 Å². The van der Waals surface area contributed by atoms with Gasteiger partial charge in [0, 0.05) is 58.3 Å². The Hall–Kier alpha value is -1.93. The van der Waals surface area contributed by atoms with Crippen LogP contribution in [0.3, 0.4) is 0 Å². The van der Waals surface area contributed by atoms with Gasteiger partial charge in [0.1, 0.15) is 11.9 Å². The fourth-order valence-corrected chi connectivity index (χ4v) is 3.40. The van der Waals surface area contributed by atoms with Gasteiger partial charge in [0.2, 0.25) is 5.13 Å². The van der Waals surface area contributed by atoms with Gasteiger partial charge in [-0.05, 0) is 12.1 Å². The van der Waals surface area contributed by atoms with Crippen molar-refractivity contribution in [1.29, 1.82) is 0 Å². The Balaban J connectivity index is 1.60. The summed E-state index contributed by atoms with van der Waals surface area (Å²) in [4.78, 5) is 13.2. The molecule has 0 aromatic carbocycles. The summed E-state index contributed by atoms with van der Waals surface area (Å²) in [6.45, 7) is 2.40. The predicted molar refractivity (Wildman–Crippen MR) is 95.3 cm³/mol. The molecule has 0 spiro atoms. The smallest absolute Gasteiger partial charge is 0.205 e. The molecule has 0 unspecified atom stereocenters. The fraction of sp³-hybridized carbons (Fsp3) is 0.562. The van der Waals surface area contributed by atoms with E-state index in [9.17, 15) is 0 Å². The van der Waals surface area contributed by atoms with Crippen LogP contribution in [-0.2, 0) is 11.2 Å². The van der Waals surface area contributed by atoms with E-state index in [1.54, 1.807) is 13.3 Å². The lowest BCUT2D eigenvalue weighted by Gasteiger charge is -2.20. The first kappa shape index (κ1) is 16.9. The molecule has 3 rings (SSSR count). The van der Waals surface area contributed by atoms with Crippen LogP contribution in [0.5, 0.6) is 5.75 Å². The summed E-state index contributed by atoms with van der Waals surface area (Å²) in [6.07, 6.45) is 3.64. The second kappa shape index (κ2) is 7.76. The van der Waals surface area contributed by atoms with E-state index in [2.05, 4.69) is 19.2 Å². The molecule has 1 aliphatic heterocycles. The topological polar surface area (TPSA) is 63.6 Å². The van der Waals surface area contributed by atoms with Crippen molar-refractivity contribution in [2.45, 2.75) is 18.9 Å². The number of anilines is 2. The summed E-state index contributed by atoms with van der Waals surface area (Å²) in [5, 5.41) is 0.964. The van der Waals surface area contributed by atoms with Crippen molar-refractivity contribution in [2.24, 2.45) is 0 Å². The van der Waals surface area contributed by atoms with Crippen molar-refractivity contribution in [3.05, 3.63) is 24.2 Å². The van der Waals surface area contributed by atoms with Gasteiger partial charge in [-0.3, -0.25) is 0 Å². The van der Waals surface area contributed by atoms with Crippen LogP contribution in [0.4, 0.5) is 10.9 Å². The number of hydrogen-bond acceptors (Lipinski definition) is 8. The zero-order chi connectivity index (χ0) is 16.9. The molecule has 1 saturated heterocycles. The Morgan fingerprint density at radius 3 is 3.08 bits per heavy atom. The summed E-state index contributed by atoms with van der Waals surface area (Å²) in [5.41, 5.74) is 0. The van der Waals surface area contributed by atoms with Crippen LogP contribution < -0.4 is 14.5 Å². The van der Waals surface area contributed by atoms with Crippen LogP contribution in [0.1, 0.15) is 12.2 Å². The lowest BCUT2D eigenvalue weighted by Crippen LogP contribution is -2.25. The highest BCUT2D eigenvalue weighted by Gasteiger charge is 2.27. The Morgan fingerprint density at radius 2 is 2.29 bits per heavy atom. The number of rotatable bonds is 7. The van der Waals surface area contributed by atoms with Crippen molar-refractivity contribution in [3.63, 3.8) is 0 Å². The van der Waals surface area contributed by atoms with Crippen molar-refractivity contribution in [2.75, 3.05) is 50.7 Å². The second-order valence-corrected chi connectivity index (χ2v) is 6.66. The molecular formula is C16H23N5O2S. The summed E-state index contributed by atoms with van der Waals surface area (Å²) >= 11 is 1.45. The SMILES string of the molecule is COCCc1nsc(N2CC[C@H](Oc3cccnc3N(C)C)C2)n1. The average molecular weight is 349 g/mol. The molecule has 130 valence electrons. The minimum Gasteiger partial charge on any atom is -0.485 e. The van der Waals surface area contributed by atoms with Crippen molar-refractivity contribution < 1.29 is 9.47 Å². The van der Waals surface area contributed by atoms with Crippen LogP contribution >= 0.6 is 11.5 Å². The summed E-state index contributed by atoms with van der Waals surface area (Å²) in [5.74, 6) is 2.53. The van der Waals surface area contributed by atoms with Crippen LogP contribution in [-0.4, -0.2) is 61.3 Å². The van der Waals surface area contributed by atoms with E-state index >= 15 is 0 Å². The second-order valence-electron chi connectivity index (χ2n) is 5.93. The molecule has 2 aromatic rings.